The van der Waals surface area contributed by atoms with Crippen molar-refractivity contribution in [2.45, 2.75) is 26.2 Å². The Kier molecular flexibility index (Phi) is 4.79. The average molecular weight is 414 g/mol. The fourth-order valence-electron chi connectivity index (χ4n) is 3.27. The number of hydrogen-bond donors (Lipinski definition) is 3. The van der Waals surface area contributed by atoms with E-state index in [1.807, 2.05) is 13.8 Å². The van der Waals surface area contributed by atoms with Gasteiger partial charge in [0.2, 0.25) is 5.91 Å². The van der Waals surface area contributed by atoms with Gasteiger partial charge < -0.3 is 15.6 Å². The van der Waals surface area contributed by atoms with Crippen molar-refractivity contribution in [1.82, 2.24) is 15.0 Å². The second-order valence-electron chi connectivity index (χ2n) is 7.02. The van der Waals surface area contributed by atoms with Crippen molar-refractivity contribution < 1.29 is 9.18 Å². The molecule has 0 fully saturated rings. The van der Waals surface area contributed by atoms with Crippen molar-refractivity contribution in [2.75, 3.05) is 10.6 Å². The second-order valence-corrected chi connectivity index (χ2v) is 7.45. The number of aromatic amines is 1. The Labute approximate surface area is 170 Å². The molecule has 2 aromatic heterocycles. The molecule has 148 valence electrons. The monoisotopic (exact) mass is 413 g/mol. The molecule has 0 unspecified atom stereocenters. The molecular weight excluding hydrogens is 397 g/mol. The first-order valence-corrected chi connectivity index (χ1v) is 9.34. The van der Waals surface area contributed by atoms with Gasteiger partial charge in [-0.05, 0) is 30.2 Å². The maximum Gasteiger partial charge on any atom is 0.256 e. The van der Waals surface area contributed by atoms with Crippen LogP contribution in [0.3, 0.4) is 0 Å². The lowest BCUT2D eigenvalue weighted by Crippen LogP contribution is -2.16. The summed E-state index contributed by atoms with van der Waals surface area (Å²) in [6, 6.07) is 5.62. The minimum Gasteiger partial charge on any atom is -0.338 e. The van der Waals surface area contributed by atoms with Gasteiger partial charge in [0.15, 0.2) is 0 Å². The van der Waals surface area contributed by atoms with Crippen LogP contribution in [0.2, 0.25) is 5.02 Å². The highest BCUT2D eigenvalue weighted by atomic mass is 35.5. The Morgan fingerprint density at radius 3 is 2.72 bits per heavy atom. The van der Waals surface area contributed by atoms with Crippen LogP contribution < -0.4 is 16.2 Å². The van der Waals surface area contributed by atoms with Crippen molar-refractivity contribution in [1.29, 1.82) is 0 Å². The summed E-state index contributed by atoms with van der Waals surface area (Å²) in [5.41, 5.74) is 1.62. The maximum absolute atomic E-state index is 14.4. The van der Waals surface area contributed by atoms with Gasteiger partial charge in [-0.3, -0.25) is 9.59 Å². The van der Waals surface area contributed by atoms with Gasteiger partial charge in [-0.15, -0.1) is 0 Å². The number of benzene rings is 1. The zero-order valence-corrected chi connectivity index (χ0v) is 16.4. The molecule has 0 saturated carbocycles. The molecule has 0 saturated heterocycles. The minimum absolute atomic E-state index is 0.0295. The first-order chi connectivity index (χ1) is 13.8. The first-order valence-electron chi connectivity index (χ1n) is 8.97. The van der Waals surface area contributed by atoms with Gasteiger partial charge >= 0.3 is 0 Å². The van der Waals surface area contributed by atoms with Crippen molar-refractivity contribution in [3.63, 3.8) is 0 Å². The number of pyridine rings is 1. The van der Waals surface area contributed by atoms with Crippen molar-refractivity contribution in [2.24, 2.45) is 0 Å². The molecule has 0 radical (unpaired) electrons. The van der Waals surface area contributed by atoms with Gasteiger partial charge in [-0.25, -0.2) is 14.4 Å². The molecule has 0 spiro atoms. The van der Waals surface area contributed by atoms with E-state index in [0.29, 0.717) is 33.6 Å². The lowest BCUT2D eigenvalue weighted by Gasteiger charge is -2.17. The number of H-pyrrole nitrogens is 1. The van der Waals surface area contributed by atoms with Crippen LogP contribution in [0, 0.1) is 5.82 Å². The summed E-state index contributed by atoms with van der Waals surface area (Å²) in [6.45, 7) is 3.84. The highest BCUT2D eigenvalue weighted by molar-refractivity contribution is 6.30. The van der Waals surface area contributed by atoms with E-state index < -0.39 is 11.4 Å². The molecule has 0 aliphatic carbocycles. The molecule has 1 aliphatic heterocycles. The van der Waals surface area contributed by atoms with Crippen LogP contribution in [0.25, 0.3) is 11.1 Å². The van der Waals surface area contributed by atoms with E-state index in [9.17, 15) is 14.0 Å². The number of nitrogens with one attached hydrogen (secondary N) is 3. The molecule has 0 bridgehead atoms. The van der Waals surface area contributed by atoms with Gasteiger partial charge in [-0.1, -0.05) is 25.4 Å². The number of aromatic nitrogens is 3. The molecule has 1 amide bonds. The number of rotatable bonds is 4. The number of fused-ring (bicyclic) bond motifs is 1. The summed E-state index contributed by atoms with van der Waals surface area (Å²) in [6.07, 6.45) is 1.49. The van der Waals surface area contributed by atoms with E-state index in [1.54, 1.807) is 6.07 Å². The molecule has 3 heterocycles. The van der Waals surface area contributed by atoms with Crippen molar-refractivity contribution >= 4 is 34.8 Å². The Morgan fingerprint density at radius 1 is 1.17 bits per heavy atom. The van der Waals surface area contributed by atoms with Crippen molar-refractivity contribution in [3.8, 4) is 11.1 Å². The fraction of sp³-hybridized carbons (Fsp3) is 0.200. The predicted octanol–water partition coefficient (Wildman–Crippen LogP) is 3.99. The normalized spacial score (nSPS) is 12.8. The topological polar surface area (TPSA) is 99.8 Å². The quantitative estimate of drug-likeness (QED) is 0.600. The number of nitrogens with zero attached hydrogens (tertiary/aromatic N) is 2. The third-order valence-electron chi connectivity index (χ3n) is 4.66. The van der Waals surface area contributed by atoms with Crippen LogP contribution in [0.1, 0.15) is 31.0 Å². The number of halogens is 2. The molecule has 3 aromatic rings. The summed E-state index contributed by atoms with van der Waals surface area (Å²) < 4.78 is 14.4. The first kappa shape index (κ1) is 19.1. The lowest BCUT2D eigenvalue weighted by atomic mass is 10.0. The van der Waals surface area contributed by atoms with E-state index in [2.05, 4.69) is 25.6 Å². The van der Waals surface area contributed by atoms with Crippen LogP contribution in [0.4, 0.5) is 21.7 Å². The van der Waals surface area contributed by atoms with E-state index in [1.165, 1.54) is 24.5 Å². The smallest absolute Gasteiger partial charge is 0.256 e. The molecule has 1 aromatic carbocycles. The highest BCUT2D eigenvalue weighted by Crippen LogP contribution is 2.33. The van der Waals surface area contributed by atoms with Crippen LogP contribution >= 0.6 is 11.6 Å². The predicted molar refractivity (Wildman–Crippen MR) is 109 cm³/mol. The summed E-state index contributed by atoms with van der Waals surface area (Å²) in [5.74, 6) is 0.138. The van der Waals surface area contributed by atoms with E-state index in [-0.39, 0.29) is 29.4 Å². The number of carbonyl (C=O) groups is 1. The lowest BCUT2D eigenvalue weighted by molar-refractivity contribution is -0.115. The molecule has 1 aliphatic rings. The van der Waals surface area contributed by atoms with Crippen LogP contribution in [-0.4, -0.2) is 20.9 Å². The molecule has 29 heavy (non-hydrogen) atoms. The van der Waals surface area contributed by atoms with E-state index in [0.717, 1.165) is 0 Å². The van der Waals surface area contributed by atoms with Crippen LogP contribution in [-0.2, 0) is 11.2 Å². The molecule has 4 rings (SSSR count). The molecule has 9 heteroatoms. The molecule has 0 atom stereocenters. The summed E-state index contributed by atoms with van der Waals surface area (Å²) in [5, 5.41) is 6.17. The zero-order valence-electron chi connectivity index (χ0n) is 15.6. The van der Waals surface area contributed by atoms with Crippen molar-refractivity contribution in [3.05, 3.63) is 63.0 Å². The van der Waals surface area contributed by atoms with E-state index in [4.69, 9.17) is 11.6 Å². The van der Waals surface area contributed by atoms with Gasteiger partial charge in [0.25, 0.3) is 5.56 Å². The SMILES string of the molecule is CC(C)c1[nH]c(=O)c(-c2cc(Cl)ccc2F)cc1Nc1ncnc2c1CC(=O)N2. The number of hydrogen-bond acceptors (Lipinski definition) is 5. The Balaban J connectivity index is 1.85. The fourth-order valence-corrected chi connectivity index (χ4v) is 3.44. The zero-order chi connectivity index (χ0) is 20.7. The van der Waals surface area contributed by atoms with Crippen LogP contribution in [0.15, 0.2) is 35.4 Å². The van der Waals surface area contributed by atoms with Gasteiger partial charge in [-0.2, -0.15) is 0 Å². The van der Waals surface area contributed by atoms with E-state index >= 15 is 0 Å². The third kappa shape index (κ3) is 3.58. The summed E-state index contributed by atoms with van der Waals surface area (Å²) >= 11 is 6.00. The Bertz CT molecular complexity index is 1190. The number of carbonyl (C=O) groups excluding carboxylic acids is 1. The highest BCUT2D eigenvalue weighted by Gasteiger charge is 2.24. The minimum atomic E-state index is -0.555. The second kappa shape index (κ2) is 7.29. The summed E-state index contributed by atoms with van der Waals surface area (Å²) in [7, 11) is 0. The Morgan fingerprint density at radius 2 is 1.97 bits per heavy atom. The van der Waals surface area contributed by atoms with Crippen LogP contribution in [0.5, 0.6) is 0 Å². The number of anilines is 3. The van der Waals surface area contributed by atoms with Gasteiger partial charge in [0, 0.05) is 21.8 Å². The molecular formula is C20H17ClFN5O2. The van der Waals surface area contributed by atoms with Gasteiger partial charge in [0.1, 0.15) is 23.8 Å². The largest absolute Gasteiger partial charge is 0.338 e. The molecule has 3 N–H and O–H groups in total. The summed E-state index contributed by atoms with van der Waals surface area (Å²) in [4.78, 5) is 35.5. The maximum atomic E-state index is 14.4. The third-order valence-corrected chi connectivity index (χ3v) is 4.90. The molecule has 7 nitrogen and oxygen atoms in total. The number of amides is 1. The Hall–Kier alpha value is -3.26. The average Bonchev–Trinajstić information content (AvgIpc) is 3.06. The standard InChI is InChI=1S/C20H17ClFN5O2/c1-9(2)17-15(25-18-13-7-16(28)26-19(13)24-8-23-18)6-12(20(29)27-17)11-5-10(21)3-4-14(11)22/h3-6,8-9H,7H2,1-2H3,(H,27,29)(H2,23,24,25,26,28). The van der Waals surface area contributed by atoms with Gasteiger partial charge in [0.05, 0.1) is 17.7 Å².